The van der Waals surface area contributed by atoms with Gasteiger partial charge in [0.1, 0.15) is 5.75 Å². The van der Waals surface area contributed by atoms with Crippen molar-refractivity contribution in [3.63, 3.8) is 0 Å². The lowest BCUT2D eigenvalue weighted by molar-refractivity contribution is -0.119. The molecule has 0 bridgehead atoms. The molecular formula is C18H18N2O4. The van der Waals surface area contributed by atoms with E-state index in [1.807, 2.05) is 37.3 Å². The van der Waals surface area contributed by atoms with Crippen LogP contribution in [0.15, 0.2) is 54.6 Å². The second-order valence-corrected chi connectivity index (χ2v) is 5.31. The summed E-state index contributed by atoms with van der Waals surface area (Å²) < 4.78 is 10.6. The van der Waals surface area contributed by atoms with Gasteiger partial charge in [-0.25, -0.2) is 4.79 Å². The van der Waals surface area contributed by atoms with E-state index in [2.05, 4.69) is 10.6 Å². The molecular weight excluding hydrogens is 308 g/mol. The van der Waals surface area contributed by atoms with Crippen molar-refractivity contribution < 1.29 is 19.1 Å². The van der Waals surface area contributed by atoms with Gasteiger partial charge in [-0.1, -0.05) is 30.3 Å². The molecule has 3 rings (SSSR count). The van der Waals surface area contributed by atoms with E-state index in [0.29, 0.717) is 12.3 Å². The lowest BCUT2D eigenvalue weighted by Gasteiger charge is -2.17. The Hall–Kier alpha value is -3.02. The van der Waals surface area contributed by atoms with E-state index in [9.17, 15) is 9.59 Å². The summed E-state index contributed by atoms with van der Waals surface area (Å²) in [5.74, 6) is 0.397. The van der Waals surface area contributed by atoms with Crippen molar-refractivity contribution >= 4 is 17.7 Å². The molecule has 2 atom stereocenters. The number of carbonyl (C=O) groups is 2. The van der Waals surface area contributed by atoms with Gasteiger partial charge in [0.05, 0.1) is 6.61 Å². The number of anilines is 1. The van der Waals surface area contributed by atoms with Crippen molar-refractivity contribution in [1.82, 2.24) is 5.32 Å². The number of carbonyl (C=O) groups excluding carboxylic acids is 2. The third-order valence-corrected chi connectivity index (χ3v) is 3.65. The van der Waals surface area contributed by atoms with Crippen molar-refractivity contribution in [2.24, 2.45) is 0 Å². The Bertz CT molecular complexity index is 716. The molecule has 6 heteroatoms. The normalized spacial score (nSPS) is 19.3. The maximum atomic E-state index is 12.5. The third kappa shape index (κ3) is 3.48. The summed E-state index contributed by atoms with van der Waals surface area (Å²) in [4.78, 5) is 24.1. The Morgan fingerprint density at radius 3 is 2.54 bits per heavy atom. The minimum Gasteiger partial charge on any atom is -0.494 e. The number of hydrogen-bond donors (Lipinski definition) is 2. The zero-order valence-corrected chi connectivity index (χ0v) is 13.2. The summed E-state index contributed by atoms with van der Waals surface area (Å²) in [6, 6.07) is 15.4. The summed E-state index contributed by atoms with van der Waals surface area (Å²) in [5.41, 5.74) is 1.39. The van der Waals surface area contributed by atoms with Gasteiger partial charge in [0.25, 0.3) is 5.91 Å². The molecule has 1 fully saturated rings. The van der Waals surface area contributed by atoms with Gasteiger partial charge in [-0.15, -0.1) is 0 Å². The van der Waals surface area contributed by atoms with Crippen LogP contribution in [-0.2, 0) is 9.53 Å². The lowest BCUT2D eigenvalue weighted by Crippen LogP contribution is -2.40. The highest BCUT2D eigenvalue weighted by molar-refractivity contribution is 5.98. The summed E-state index contributed by atoms with van der Waals surface area (Å²) in [5, 5.41) is 5.34. The summed E-state index contributed by atoms with van der Waals surface area (Å²) in [6.45, 7) is 2.48. The number of cyclic esters (lactones) is 1. The Morgan fingerprint density at radius 1 is 1.17 bits per heavy atom. The number of ether oxygens (including phenoxy) is 2. The van der Waals surface area contributed by atoms with Gasteiger partial charge in [0.15, 0.2) is 12.1 Å². The van der Waals surface area contributed by atoms with Crippen molar-refractivity contribution in [2.75, 3.05) is 11.9 Å². The second kappa shape index (κ2) is 7.04. The first-order chi connectivity index (χ1) is 11.7. The predicted octanol–water partition coefficient (Wildman–Crippen LogP) is 2.87. The van der Waals surface area contributed by atoms with Crippen LogP contribution in [0.5, 0.6) is 5.75 Å². The zero-order chi connectivity index (χ0) is 16.9. The molecule has 2 aromatic carbocycles. The summed E-state index contributed by atoms with van der Waals surface area (Å²) in [6.07, 6.45) is -1.25. The molecule has 124 valence electrons. The van der Waals surface area contributed by atoms with Crippen molar-refractivity contribution in [1.29, 1.82) is 0 Å². The topological polar surface area (TPSA) is 76.7 Å². The van der Waals surface area contributed by atoms with Gasteiger partial charge in [0.2, 0.25) is 0 Å². The van der Waals surface area contributed by atoms with Crippen LogP contribution < -0.4 is 15.4 Å². The molecule has 0 radical (unpaired) electrons. The molecule has 0 aromatic heterocycles. The van der Waals surface area contributed by atoms with Gasteiger partial charge in [-0.3, -0.25) is 4.79 Å². The highest BCUT2D eigenvalue weighted by Gasteiger charge is 2.40. The molecule has 6 nitrogen and oxygen atoms in total. The molecule has 0 spiro atoms. The molecule has 1 aliphatic heterocycles. The van der Waals surface area contributed by atoms with Crippen LogP contribution in [0.2, 0.25) is 0 Å². The lowest BCUT2D eigenvalue weighted by atomic mass is 10.0. The number of benzene rings is 2. The minimum atomic E-state index is -0.786. The first-order valence-electron chi connectivity index (χ1n) is 7.73. The Kier molecular flexibility index (Phi) is 4.65. The minimum absolute atomic E-state index is 0.334. The fourth-order valence-corrected chi connectivity index (χ4v) is 2.55. The predicted molar refractivity (Wildman–Crippen MR) is 88.8 cm³/mol. The average molecular weight is 326 g/mol. The largest absolute Gasteiger partial charge is 0.494 e. The van der Waals surface area contributed by atoms with Crippen LogP contribution >= 0.6 is 0 Å². The van der Waals surface area contributed by atoms with E-state index in [-0.39, 0.29) is 5.91 Å². The molecule has 2 amide bonds. The van der Waals surface area contributed by atoms with Crippen LogP contribution in [0.25, 0.3) is 0 Å². The van der Waals surface area contributed by atoms with Crippen LogP contribution in [0, 0.1) is 0 Å². The quantitative estimate of drug-likeness (QED) is 0.886. The van der Waals surface area contributed by atoms with Crippen LogP contribution in [0.4, 0.5) is 10.5 Å². The molecule has 1 heterocycles. The van der Waals surface area contributed by atoms with E-state index in [1.54, 1.807) is 24.3 Å². The molecule has 1 aliphatic rings. The van der Waals surface area contributed by atoms with E-state index >= 15 is 0 Å². The molecule has 2 unspecified atom stereocenters. The van der Waals surface area contributed by atoms with E-state index in [4.69, 9.17) is 9.47 Å². The fourth-order valence-electron chi connectivity index (χ4n) is 2.55. The third-order valence-electron chi connectivity index (χ3n) is 3.65. The molecule has 1 saturated heterocycles. The molecule has 2 aromatic rings. The molecule has 24 heavy (non-hydrogen) atoms. The van der Waals surface area contributed by atoms with Gasteiger partial charge in [0, 0.05) is 5.69 Å². The Labute approximate surface area is 139 Å². The summed E-state index contributed by atoms with van der Waals surface area (Å²) >= 11 is 0. The molecule has 2 N–H and O–H groups in total. The van der Waals surface area contributed by atoms with Crippen molar-refractivity contribution in [2.45, 2.75) is 19.1 Å². The van der Waals surface area contributed by atoms with Crippen LogP contribution in [-0.4, -0.2) is 24.6 Å². The smallest absolute Gasteiger partial charge is 0.408 e. The molecule has 0 saturated carbocycles. The first-order valence-corrected chi connectivity index (χ1v) is 7.73. The summed E-state index contributed by atoms with van der Waals surface area (Å²) in [7, 11) is 0. The first kappa shape index (κ1) is 15.9. The Balaban J connectivity index is 1.72. The highest BCUT2D eigenvalue weighted by Crippen LogP contribution is 2.27. The maximum Gasteiger partial charge on any atom is 0.408 e. The number of hydrogen-bond acceptors (Lipinski definition) is 4. The van der Waals surface area contributed by atoms with Gasteiger partial charge in [-0.2, -0.15) is 0 Å². The van der Waals surface area contributed by atoms with Gasteiger partial charge < -0.3 is 20.1 Å². The number of rotatable bonds is 5. The monoisotopic (exact) mass is 326 g/mol. The zero-order valence-electron chi connectivity index (χ0n) is 13.2. The average Bonchev–Trinajstić information content (AvgIpc) is 3.00. The van der Waals surface area contributed by atoms with Crippen LogP contribution in [0.1, 0.15) is 18.6 Å². The van der Waals surface area contributed by atoms with E-state index in [0.717, 1.165) is 11.3 Å². The molecule has 0 aliphatic carbocycles. The number of nitrogens with one attached hydrogen (secondary N) is 2. The second-order valence-electron chi connectivity index (χ2n) is 5.31. The van der Waals surface area contributed by atoms with Gasteiger partial charge in [-0.05, 0) is 36.8 Å². The standard InChI is InChI=1S/C18H18N2O4/c1-2-23-14-10-8-13(9-11-14)19-17(21)15-16(24-18(22)20-15)12-6-4-3-5-7-12/h3-11,15-16H,2H2,1H3,(H,19,21)(H,20,22). The number of amides is 2. The fraction of sp³-hybridized carbons (Fsp3) is 0.222. The van der Waals surface area contributed by atoms with Gasteiger partial charge >= 0.3 is 6.09 Å². The Morgan fingerprint density at radius 2 is 1.88 bits per heavy atom. The van der Waals surface area contributed by atoms with Crippen molar-refractivity contribution in [3.05, 3.63) is 60.2 Å². The van der Waals surface area contributed by atoms with E-state index < -0.39 is 18.2 Å². The highest BCUT2D eigenvalue weighted by atomic mass is 16.6. The van der Waals surface area contributed by atoms with Crippen molar-refractivity contribution in [3.8, 4) is 5.75 Å². The number of alkyl carbamates (subject to hydrolysis) is 1. The maximum absolute atomic E-state index is 12.5. The van der Waals surface area contributed by atoms with E-state index in [1.165, 1.54) is 0 Å². The SMILES string of the molecule is CCOc1ccc(NC(=O)C2NC(=O)OC2c2ccccc2)cc1. The van der Waals surface area contributed by atoms with Crippen LogP contribution in [0.3, 0.4) is 0 Å².